The van der Waals surface area contributed by atoms with Gasteiger partial charge in [0.25, 0.3) is 0 Å². The Labute approximate surface area is 53.2 Å². The summed E-state index contributed by atoms with van der Waals surface area (Å²) in [5.41, 5.74) is 0. The molecule has 0 aromatic rings. The van der Waals surface area contributed by atoms with Crippen molar-refractivity contribution in [2.45, 2.75) is 0 Å². The van der Waals surface area contributed by atoms with Crippen molar-refractivity contribution in [1.82, 2.24) is 4.13 Å². The van der Waals surface area contributed by atoms with Crippen molar-refractivity contribution in [2.75, 3.05) is 0 Å². The first kappa shape index (κ1) is 9.36. The van der Waals surface area contributed by atoms with E-state index in [1.54, 1.807) is 0 Å². The van der Waals surface area contributed by atoms with Crippen LogP contribution in [0.25, 0.3) is 0 Å². The minimum absolute atomic E-state index is 0.514. The SMILES string of the molecule is OS(O)(F)NS(O)(O)F. The molecule has 0 bridgehead atoms. The first-order valence-electron chi connectivity index (χ1n) is 1.45. The van der Waals surface area contributed by atoms with Gasteiger partial charge >= 0.3 is 0 Å². The van der Waals surface area contributed by atoms with Crippen molar-refractivity contribution in [2.24, 2.45) is 0 Å². The molecule has 0 aliphatic heterocycles. The van der Waals surface area contributed by atoms with E-state index in [2.05, 4.69) is 0 Å². The van der Waals surface area contributed by atoms with Crippen LogP contribution in [0, 0.1) is 0 Å². The van der Waals surface area contributed by atoms with Gasteiger partial charge in [0.05, 0.1) is 0 Å². The Morgan fingerprint density at radius 2 is 1.11 bits per heavy atom. The summed E-state index contributed by atoms with van der Waals surface area (Å²) >= 11 is -9.74. The Bertz CT molecular complexity index is 81.7. The molecule has 0 saturated carbocycles. The van der Waals surface area contributed by atoms with Crippen LogP contribution in [-0.2, 0) is 0 Å². The van der Waals surface area contributed by atoms with Crippen molar-refractivity contribution in [3.05, 3.63) is 0 Å². The van der Waals surface area contributed by atoms with E-state index in [0.29, 0.717) is 4.13 Å². The monoisotopic (exact) mass is 185 g/mol. The highest BCUT2D eigenvalue weighted by Gasteiger charge is 2.19. The highest BCUT2D eigenvalue weighted by molar-refractivity contribution is 8.32. The molecule has 9 heavy (non-hydrogen) atoms. The minimum atomic E-state index is -4.87. The van der Waals surface area contributed by atoms with Crippen LogP contribution in [0.4, 0.5) is 7.77 Å². The zero-order chi connectivity index (χ0) is 7.71. The molecule has 0 heterocycles. The summed E-state index contributed by atoms with van der Waals surface area (Å²) in [7, 11) is 0. The molecule has 9 heteroatoms. The third kappa shape index (κ3) is 8.36. The number of hydrogen-bond acceptors (Lipinski definition) is 5. The van der Waals surface area contributed by atoms with Gasteiger partial charge in [-0.3, -0.25) is 18.2 Å². The van der Waals surface area contributed by atoms with Gasteiger partial charge in [-0.05, 0) is 0 Å². The zero-order valence-electron chi connectivity index (χ0n) is 3.86. The summed E-state index contributed by atoms with van der Waals surface area (Å²) in [6.45, 7) is 0. The maximum absolute atomic E-state index is 11.4. The molecule has 0 rings (SSSR count). The Morgan fingerprint density at radius 1 is 0.889 bits per heavy atom. The summed E-state index contributed by atoms with van der Waals surface area (Å²) in [5.74, 6) is 0. The highest BCUT2D eigenvalue weighted by atomic mass is 32.4. The zero-order valence-corrected chi connectivity index (χ0v) is 5.49. The second-order valence-electron chi connectivity index (χ2n) is 1.04. The number of nitrogens with one attached hydrogen (secondary N) is 1. The third-order valence-electron chi connectivity index (χ3n) is 0.212. The van der Waals surface area contributed by atoms with Crippen molar-refractivity contribution in [1.29, 1.82) is 0 Å². The van der Waals surface area contributed by atoms with Gasteiger partial charge in [0.1, 0.15) is 0 Å². The molecule has 0 amide bonds. The molecule has 0 aromatic carbocycles. The fraction of sp³-hybridized carbons (Fsp3) is 0. The van der Waals surface area contributed by atoms with Crippen LogP contribution in [0.1, 0.15) is 0 Å². The minimum Gasteiger partial charge on any atom is -0.259 e. The van der Waals surface area contributed by atoms with Crippen molar-refractivity contribution >= 4 is 22.3 Å². The quantitative estimate of drug-likeness (QED) is 0.451. The molecule has 5 N–H and O–H groups in total. The number of halogens is 2. The maximum Gasteiger partial charge on any atom is 0.0382 e. The van der Waals surface area contributed by atoms with Crippen molar-refractivity contribution < 1.29 is 26.0 Å². The van der Waals surface area contributed by atoms with Crippen LogP contribution < -0.4 is 4.13 Å². The second kappa shape index (κ2) is 2.54. The summed E-state index contributed by atoms with van der Waals surface area (Å²) in [6.07, 6.45) is 0. The van der Waals surface area contributed by atoms with Gasteiger partial charge in [0.2, 0.25) is 0 Å². The van der Waals surface area contributed by atoms with Gasteiger partial charge in [0, 0.05) is 22.3 Å². The average Bonchev–Trinajstić information content (AvgIpc) is 1.14. The predicted octanol–water partition coefficient (Wildman–Crippen LogP) is 1.68. The summed E-state index contributed by atoms with van der Waals surface area (Å²) in [6, 6.07) is 0. The molecular weight excluding hydrogens is 180 g/mol. The standard InChI is InChI=1S/F2H5NO4S2/c1-8(4,5)3-9(2,6)7/h3-7H. The Kier molecular flexibility index (Phi) is 2.64. The van der Waals surface area contributed by atoms with Crippen LogP contribution in [0.3, 0.4) is 0 Å². The molecule has 0 atom stereocenters. The highest BCUT2D eigenvalue weighted by Crippen LogP contribution is 2.49. The molecule has 0 saturated heterocycles. The van der Waals surface area contributed by atoms with Gasteiger partial charge in [0.15, 0.2) is 0 Å². The van der Waals surface area contributed by atoms with Gasteiger partial charge in [-0.1, -0.05) is 11.9 Å². The Hall–Kier alpha value is 0.360. The molecule has 60 valence electrons. The van der Waals surface area contributed by atoms with E-state index in [0.717, 1.165) is 0 Å². The fourth-order valence-electron chi connectivity index (χ4n) is 0.135. The van der Waals surface area contributed by atoms with Gasteiger partial charge in [-0.25, -0.2) is 0 Å². The first-order chi connectivity index (χ1) is 3.71. The summed E-state index contributed by atoms with van der Waals surface area (Å²) in [5, 5.41) is 0. The molecule has 0 aliphatic rings. The van der Waals surface area contributed by atoms with Crippen molar-refractivity contribution in [3.63, 3.8) is 0 Å². The third-order valence-corrected chi connectivity index (χ3v) is 1.91. The molecular formula is H5F2NO4S2. The van der Waals surface area contributed by atoms with Crippen LogP contribution in [0.15, 0.2) is 0 Å². The normalized spacial score (nSPS) is 17.6. The average molecular weight is 185 g/mol. The lowest BCUT2D eigenvalue weighted by Crippen LogP contribution is -2.17. The molecule has 0 spiro atoms. The Morgan fingerprint density at radius 3 is 1.11 bits per heavy atom. The van der Waals surface area contributed by atoms with E-state index in [4.69, 9.17) is 18.2 Å². The molecule has 0 fully saturated rings. The van der Waals surface area contributed by atoms with E-state index < -0.39 is 22.3 Å². The van der Waals surface area contributed by atoms with Gasteiger partial charge < -0.3 is 0 Å². The van der Waals surface area contributed by atoms with Crippen LogP contribution in [0.2, 0.25) is 0 Å². The Balaban J connectivity index is 3.75. The van der Waals surface area contributed by atoms with E-state index in [9.17, 15) is 7.77 Å². The number of hydrogen-bond donors (Lipinski definition) is 5. The number of rotatable bonds is 2. The molecule has 5 nitrogen and oxygen atoms in total. The molecule has 0 unspecified atom stereocenters. The van der Waals surface area contributed by atoms with E-state index in [-0.39, 0.29) is 0 Å². The topological polar surface area (TPSA) is 93.0 Å². The maximum atomic E-state index is 11.4. The smallest absolute Gasteiger partial charge is 0.0382 e. The van der Waals surface area contributed by atoms with Crippen molar-refractivity contribution in [3.8, 4) is 0 Å². The van der Waals surface area contributed by atoms with Crippen LogP contribution in [-0.4, -0.2) is 18.2 Å². The lowest BCUT2D eigenvalue weighted by atomic mass is 13.9. The first-order valence-corrected chi connectivity index (χ1v) is 4.34. The van der Waals surface area contributed by atoms with E-state index in [1.165, 1.54) is 0 Å². The van der Waals surface area contributed by atoms with E-state index in [1.807, 2.05) is 0 Å². The molecule has 0 aliphatic carbocycles. The van der Waals surface area contributed by atoms with Crippen LogP contribution in [0.5, 0.6) is 0 Å². The lowest BCUT2D eigenvalue weighted by Gasteiger charge is -2.29. The van der Waals surface area contributed by atoms with Gasteiger partial charge in [-0.2, -0.15) is 0 Å². The second-order valence-corrected chi connectivity index (χ2v) is 3.63. The molecule has 0 aromatic heterocycles. The largest absolute Gasteiger partial charge is 0.259 e. The lowest BCUT2D eigenvalue weighted by molar-refractivity contribution is 0.400. The van der Waals surface area contributed by atoms with Gasteiger partial charge in [-0.15, -0.1) is 0 Å². The van der Waals surface area contributed by atoms with E-state index >= 15 is 0 Å². The fourth-order valence-corrected chi connectivity index (χ4v) is 1.21. The van der Waals surface area contributed by atoms with Crippen LogP contribution >= 0.6 is 22.3 Å². The predicted molar refractivity (Wildman–Crippen MR) is 31.0 cm³/mol. The summed E-state index contributed by atoms with van der Waals surface area (Å²) < 4.78 is 54.1. The molecule has 0 radical (unpaired) electrons. The summed E-state index contributed by atoms with van der Waals surface area (Å²) in [4.78, 5) is 0.